The van der Waals surface area contributed by atoms with Crippen molar-refractivity contribution in [3.05, 3.63) is 75.2 Å². The van der Waals surface area contributed by atoms with Gasteiger partial charge in [-0.2, -0.15) is 0 Å². The van der Waals surface area contributed by atoms with Crippen LogP contribution in [0.5, 0.6) is 0 Å². The zero-order chi connectivity index (χ0) is 19.4. The maximum Gasteiger partial charge on any atom is 0.269 e. The highest BCUT2D eigenvalue weighted by molar-refractivity contribution is 7.14. The summed E-state index contributed by atoms with van der Waals surface area (Å²) in [6.07, 6.45) is 1.04. The van der Waals surface area contributed by atoms with Crippen LogP contribution in [0.4, 0.5) is 10.8 Å². The van der Waals surface area contributed by atoms with Crippen LogP contribution in [0.25, 0.3) is 11.3 Å². The minimum Gasteiger partial charge on any atom is -0.298 e. The fourth-order valence-electron chi connectivity index (χ4n) is 2.65. The number of nitrogens with zero attached hydrogens (tertiary/aromatic N) is 2. The maximum atomic E-state index is 12.3. The number of benzene rings is 2. The van der Waals surface area contributed by atoms with E-state index in [1.165, 1.54) is 41.2 Å². The van der Waals surface area contributed by atoms with Crippen LogP contribution in [0.2, 0.25) is 0 Å². The summed E-state index contributed by atoms with van der Waals surface area (Å²) in [6.45, 7) is 4.38. The first kappa shape index (κ1) is 18.7. The molecule has 1 N–H and O–H groups in total. The van der Waals surface area contributed by atoms with Crippen LogP contribution < -0.4 is 5.32 Å². The van der Waals surface area contributed by atoms with Crippen molar-refractivity contribution in [2.75, 3.05) is 5.32 Å². The molecule has 0 unspecified atom stereocenters. The SMILES string of the molecule is CC(C)Cc1ccc(-c2csc(NC(=O)c3ccc([N+](=O)[O-])cc3)n2)cc1. The average molecular weight is 381 g/mol. The van der Waals surface area contributed by atoms with Gasteiger partial charge in [-0.05, 0) is 30.0 Å². The van der Waals surface area contributed by atoms with Crippen molar-refractivity contribution in [3.63, 3.8) is 0 Å². The Morgan fingerprint density at radius 1 is 1.15 bits per heavy atom. The summed E-state index contributed by atoms with van der Waals surface area (Å²) in [5.41, 5.74) is 3.37. The minimum atomic E-state index is -0.499. The zero-order valence-corrected chi connectivity index (χ0v) is 15.8. The van der Waals surface area contributed by atoms with E-state index in [9.17, 15) is 14.9 Å². The second-order valence-corrected chi connectivity index (χ2v) is 7.45. The van der Waals surface area contributed by atoms with Crippen LogP contribution in [0.15, 0.2) is 53.9 Å². The molecule has 7 heteroatoms. The molecule has 0 radical (unpaired) electrons. The van der Waals surface area contributed by atoms with Crippen LogP contribution in [-0.2, 0) is 6.42 Å². The van der Waals surface area contributed by atoms with E-state index in [0.29, 0.717) is 16.6 Å². The second kappa shape index (κ2) is 8.09. The molecule has 3 rings (SSSR count). The molecule has 138 valence electrons. The molecule has 0 fully saturated rings. The molecule has 0 saturated carbocycles. The molecular formula is C20H19N3O3S. The van der Waals surface area contributed by atoms with Crippen molar-refractivity contribution < 1.29 is 9.72 Å². The van der Waals surface area contributed by atoms with Crippen molar-refractivity contribution in [2.45, 2.75) is 20.3 Å². The van der Waals surface area contributed by atoms with E-state index in [1.807, 2.05) is 17.5 Å². The van der Waals surface area contributed by atoms with Gasteiger partial charge in [-0.1, -0.05) is 38.1 Å². The lowest BCUT2D eigenvalue weighted by molar-refractivity contribution is -0.384. The Bertz CT molecular complexity index is 947. The quantitative estimate of drug-likeness (QED) is 0.471. The number of non-ortho nitro benzene ring substituents is 1. The molecule has 6 nitrogen and oxygen atoms in total. The van der Waals surface area contributed by atoms with E-state index in [1.54, 1.807) is 0 Å². The van der Waals surface area contributed by atoms with Gasteiger partial charge in [-0.3, -0.25) is 20.2 Å². The van der Waals surface area contributed by atoms with Crippen molar-refractivity contribution in [1.82, 2.24) is 4.98 Å². The number of carbonyl (C=O) groups is 1. The average Bonchev–Trinajstić information content (AvgIpc) is 3.10. The van der Waals surface area contributed by atoms with Gasteiger partial charge in [0.1, 0.15) is 0 Å². The molecule has 0 aliphatic carbocycles. The number of thiazole rings is 1. The Kier molecular flexibility index (Phi) is 5.61. The molecule has 27 heavy (non-hydrogen) atoms. The van der Waals surface area contributed by atoms with Gasteiger partial charge >= 0.3 is 0 Å². The summed E-state index contributed by atoms with van der Waals surface area (Å²) in [4.78, 5) is 26.9. The maximum absolute atomic E-state index is 12.3. The third-order valence-corrected chi connectivity index (χ3v) is 4.72. The van der Waals surface area contributed by atoms with Gasteiger partial charge in [-0.15, -0.1) is 11.3 Å². The van der Waals surface area contributed by atoms with Gasteiger partial charge in [0.25, 0.3) is 11.6 Å². The molecule has 1 aromatic heterocycles. The number of aromatic nitrogens is 1. The lowest BCUT2D eigenvalue weighted by atomic mass is 10.0. The minimum absolute atomic E-state index is 0.0519. The summed E-state index contributed by atoms with van der Waals surface area (Å²) < 4.78 is 0. The molecule has 0 bridgehead atoms. The summed E-state index contributed by atoms with van der Waals surface area (Å²) >= 11 is 1.34. The highest BCUT2D eigenvalue weighted by Gasteiger charge is 2.12. The molecule has 1 amide bonds. The van der Waals surface area contributed by atoms with Crippen LogP contribution >= 0.6 is 11.3 Å². The molecular weight excluding hydrogens is 362 g/mol. The Morgan fingerprint density at radius 3 is 2.41 bits per heavy atom. The molecule has 3 aromatic rings. The molecule has 0 aliphatic heterocycles. The van der Waals surface area contributed by atoms with Crippen LogP contribution in [0.3, 0.4) is 0 Å². The highest BCUT2D eigenvalue weighted by atomic mass is 32.1. The summed E-state index contributed by atoms with van der Waals surface area (Å²) in [7, 11) is 0. The third-order valence-electron chi connectivity index (χ3n) is 3.96. The van der Waals surface area contributed by atoms with Gasteiger partial charge in [0.15, 0.2) is 5.13 Å². The molecule has 0 spiro atoms. The number of hydrogen-bond donors (Lipinski definition) is 1. The van der Waals surface area contributed by atoms with Crippen molar-refractivity contribution in [1.29, 1.82) is 0 Å². The first-order chi connectivity index (χ1) is 12.9. The Hall–Kier alpha value is -3.06. The summed E-state index contributed by atoms with van der Waals surface area (Å²) in [5.74, 6) is 0.259. The Morgan fingerprint density at radius 2 is 1.81 bits per heavy atom. The van der Waals surface area contributed by atoms with Gasteiger partial charge in [0, 0.05) is 28.6 Å². The van der Waals surface area contributed by atoms with Crippen LogP contribution in [0, 0.1) is 16.0 Å². The van der Waals surface area contributed by atoms with Crippen molar-refractivity contribution in [3.8, 4) is 11.3 Å². The number of carbonyl (C=O) groups excluding carboxylic acids is 1. The third kappa shape index (κ3) is 4.77. The van der Waals surface area contributed by atoms with E-state index in [-0.39, 0.29) is 11.6 Å². The number of amides is 1. The fourth-order valence-corrected chi connectivity index (χ4v) is 3.37. The van der Waals surface area contributed by atoms with E-state index in [4.69, 9.17) is 0 Å². The number of nitro benzene ring substituents is 1. The van der Waals surface area contributed by atoms with Gasteiger partial charge in [-0.25, -0.2) is 4.98 Å². The fraction of sp³-hybridized carbons (Fsp3) is 0.200. The van der Waals surface area contributed by atoms with Crippen LogP contribution in [-0.4, -0.2) is 15.8 Å². The largest absolute Gasteiger partial charge is 0.298 e. The molecule has 1 heterocycles. The van der Waals surface area contributed by atoms with Gasteiger partial charge in [0.2, 0.25) is 0 Å². The lowest BCUT2D eigenvalue weighted by Crippen LogP contribution is -2.11. The van der Waals surface area contributed by atoms with Gasteiger partial charge in [0.05, 0.1) is 10.6 Å². The lowest BCUT2D eigenvalue weighted by Gasteiger charge is -2.05. The monoisotopic (exact) mass is 381 g/mol. The number of hydrogen-bond acceptors (Lipinski definition) is 5. The molecule has 0 aliphatic rings. The van der Waals surface area contributed by atoms with E-state index < -0.39 is 4.92 Å². The number of nitrogens with one attached hydrogen (secondary N) is 1. The summed E-state index contributed by atoms with van der Waals surface area (Å²) in [6, 6.07) is 13.7. The number of rotatable bonds is 6. The normalized spacial score (nSPS) is 10.8. The van der Waals surface area contributed by atoms with E-state index in [2.05, 4.69) is 36.3 Å². The first-order valence-corrected chi connectivity index (χ1v) is 9.41. The van der Waals surface area contributed by atoms with Crippen molar-refractivity contribution in [2.24, 2.45) is 5.92 Å². The van der Waals surface area contributed by atoms with Gasteiger partial charge < -0.3 is 0 Å². The van der Waals surface area contributed by atoms with E-state index in [0.717, 1.165) is 17.7 Å². The first-order valence-electron chi connectivity index (χ1n) is 8.53. The Labute approximate surface area is 161 Å². The smallest absolute Gasteiger partial charge is 0.269 e. The zero-order valence-electron chi connectivity index (χ0n) is 15.0. The second-order valence-electron chi connectivity index (χ2n) is 6.59. The van der Waals surface area contributed by atoms with E-state index >= 15 is 0 Å². The topological polar surface area (TPSA) is 85.1 Å². The molecule has 2 aromatic carbocycles. The number of anilines is 1. The van der Waals surface area contributed by atoms with Crippen LogP contribution in [0.1, 0.15) is 29.8 Å². The standard InChI is InChI=1S/C20H19N3O3S/c1-13(2)11-14-3-5-15(6-4-14)18-12-27-20(21-18)22-19(24)16-7-9-17(10-8-16)23(25)26/h3-10,12-13H,11H2,1-2H3,(H,21,22,24). The summed E-state index contributed by atoms with van der Waals surface area (Å²) in [5, 5.41) is 15.8. The van der Waals surface area contributed by atoms with Crippen molar-refractivity contribution >= 4 is 28.1 Å². The molecule has 0 atom stereocenters. The molecule has 0 saturated heterocycles. The predicted octanol–water partition coefficient (Wildman–Crippen LogP) is 5.17. The number of nitro groups is 1. The predicted molar refractivity (Wildman–Crippen MR) is 107 cm³/mol. The Balaban J connectivity index is 1.68. The highest BCUT2D eigenvalue weighted by Crippen LogP contribution is 2.26.